The Balaban J connectivity index is 1.52. The van der Waals surface area contributed by atoms with Crippen molar-refractivity contribution in [3.8, 4) is 0 Å². The van der Waals surface area contributed by atoms with E-state index in [1.807, 2.05) is 27.7 Å². The topological polar surface area (TPSA) is 61.4 Å². The van der Waals surface area contributed by atoms with Gasteiger partial charge in [-0.15, -0.1) is 5.10 Å². The lowest BCUT2D eigenvalue weighted by Crippen LogP contribution is -2.49. The number of alkyl halides is 3. The molecule has 0 radical (unpaired) electrons. The molecule has 1 aliphatic rings. The maximum atomic E-state index is 13.5. The Labute approximate surface area is 241 Å². The summed E-state index contributed by atoms with van der Waals surface area (Å²) in [5.74, 6) is 0.551. The van der Waals surface area contributed by atoms with E-state index in [1.165, 1.54) is 13.0 Å². The molecule has 1 unspecified atom stereocenters. The first-order valence-electron chi connectivity index (χ1n) is 14.2. The summed E-state index contributed by atoms with van der Waals surface area (Å²) in [5, 5.41) is 13.9. The Kier molecular flexibility index (Phi) is 8.69. The number of fused-ring (bicyclic) bond motifs is 1. The number of carbonyl (C=O) groups is 1. The van der Waals surface area contributed by atoms with Crippen LogP contribution in [0.1, 0.15) is 69.5 Å². The van der Waals surface area contributed by atoms with Gasteiger partial charge in [-0.3, -0.25) is 4.90 Å². The highest BCUT2D eigenvalue weighted by molar-refractivity contribution is 5.95. The van der Waals surface area contributed by atoms with E-state index in [0.717, 1.165) is 73.7 Å². The summed E-state index contributed by atoms with van der Waals surface area (Å²) >= 11 is 0. The van der Waals surface area contributed by atoms with Crippen LogP contribution < -0.4 is 10.2 Å². The van der Waals surface area contributed by atoms with Crippen LogP contribution in [0.4, 0.5) is 24.7 Å². The third-order valence-corrected chi connectivity index (χ3v) is 8.09. The smallest absolute Gasteiger partial charge is 0.369 e. The molecule has 4 rings (SSSR count). The third kappa shape index (κ3) is 7.18. The van der Waals surface area contributed by atoms with Gasteiger partial charge in [0.2, 0.25) is 0 Å². The van der Waals surface area contributed by atoms with E-state index in [-0.39, 0.29) is 16.4 Å². The van der Waals surface area contributed by atoms with E-state index >= 15 is 0 Å². The van der Waals surface area contributed by atoms with Crippen LogP contribution in [-0.4, -0.2) is 54.1 Å². The van der Waals surface area contributed by atoms with Gasteiger partial charge in [0.1, 0.15) is 6.29 Å². The molecule has 1 aliphatic heterocycles. The van der Waals surface area contributed by atoms with Crippen molar-refractivity contribution in [2.45, 2.75) is 67.1 Å². The van der Waals surface area contributed by atoms with Crippen LogP contribution in [-0.2, 0) is 11.0 Å². The predicted molar refractivity (Wildman–Crippen MR) is 159 cm³/mol. The third-order valence-electron chi connectivity index (χ3n) is 8.09. The molecule has 0 bridgehead atoms. The Morgan fingerprint density at radius 1 is 0.976 bits per heavy atom. The molecule has 0 aliphatic carbocycles. The number of benzene rings is 2. The van der Waals surface area contributed by atoms with Gasteiger partial charge in [0, 0.05) is 54.6 Å². The second-order valence-corrected chi connectivity index (χ2v) is 13.0. The van der Waals surface area contributed by atoms with E-state index in [9.17, 15) is 18.0 Å². The van der Waals surface area contributed by atoms with Crippen molar-refractivity contribution in [1.82, 2.24) is 15.1 Å². The zero-order chi connectivity index (χ0) is 30.2. The zero-order valence-electron chi connectivity index (χ0n) is 25.2. The number of halogens is 3. The average Bonchev–Trinajstić information content (AvgIpc) is 2.89. The van der Waals surface area contributed by atoms with Crippen molar-refractivity contribution in [3.05, 3.63) is 58.8 Å². The summed E-state index contributed by atoms with van der Waals surface area (Å²) in [5.41, 5.74) is 1.73. The molecule has 41 heavy (non-hydrogen) atoms. The summed E-state index contributed by atoms with van der Waals surface area (Å²) < 4.78 is 40.5. The highest BCUT2D eigenvalue weighted by Crippen LogP contribution is 2.37. The average molecular weight is 570 g/mol. The monoisotopic (exact) mass is 569 g/mol. The highest BCUT2D eigenvalue weighted by atomic mass is 19.4. The molecule has 1 N–H and O–H groups in total. The van der Waals surface area contributed by atoms with E-state index in [4.69, 9.17) is 0 Å². The summed E-state index contributed by atoms with van der Waals surface area (Å²) in [6, 6.07) is 10.1. The largest absolute Gasteiger partial charge is 0.416 e. The fourth-order valence-corrected chi connectivity index (χ4v) is 6.39. The van der Waals surface area contributed by atoms with E-state index < -0.39 is 17.8 Å². The van der Waals surface area contributed by atoms with Gasteiger partial charge in [0.05, 0.1) is 17.3 Å². The fraction of sp³-hybridized carbons (Fsp3) is 0.531. The van der Waals surface area contributed by atoms with Gasteiger partial charge in [-0.25, -0.2) is 0 Å². The van der Waals surface area contributed by atoms with Crippen LogP contribution in [0.15, 0.2) is 36.4 Å². The van der Waals surface area contributed by atoms with Crippen LogP contribution in [0.3, 0.4) is 0 Å². The molecule has 2 heterocycles. The number of hydrogen-bond acceptors (Lipinski definition) is 6. The maximum absolute atomic E-state index is 13.5. The number of rotatable bonds is 9. The van der Waals surface area contributed by atoms with Crippen LogP contribution >= 0.6 is 0 Å². The molecule has 1 atom stereocenters. The van der Waals surface area contributed by atoms with Crippen molar-refractivity contribution < 1.29 is 18.0 Å². The summed E-state index contributed by atoms with van der Waals surface area (Å²) in [6.45, 7) is 18.2. The number of piperazine rings is 1. The number of nitrogens with zero attached hydrogens (tertiary/aromatic N) is 4. The lowest BCUT2D eigenvalue weighted by molar-refractivity contribution is -0.138. The molecule has 1 fully saturated rings. The number of aromatic nitrogens is 2. The molecule has 9 heteroatoms. The molecule has 0 spiro atoms. The van der Waals surface area contributed by atoms with Gasteiger partial charge in [0.25, 0.3) is 0 Å². The Morgan fingerprint density at radius 3 is 2.29 bits per heavy atom. The van der Waals surface area contributed by atoms with Crippen molar-refractivity contribution in [3.63, 3.8) is 0 Å². The molecule has 0 saturated carbocycles. The normalized spacial score (nSPS) is 16.2. The molecular formula is C32H42F3N5O. The van der Waals surface area contributed by atoms with Gasteiger partial charge in [0.15, 0.2) is 5.82 Å². The molecule has 6 nitrogen and oxygen atoms in total. The van der Waals surface area contributed by atoms with E-state index in [0.29, 0.717) is 11.4 Å². The van der Waals surface area contributed by atoms with Crippen molar-refractivity contribution >= 4 is 28.6 Å². The summed E-state index contributed by atoms with van der Waals surface area (Å²) in [7, 11) is 0. The van der Waals surface area contributed by atoms with Gasteiger partial charge in [-0.1, -0.05) is 45.9 Å². The number of nitrogens with one attached hydrogen (secondary N) is 1. The Bertz CT molecular complexity index is 1390. The first kappa shape index (κ1) is 30.8. The minimum absolute atomic E-state index is 0.0287. The second-order valence-electron chi connectivity index (χ2n) is 13.0. The van der Waals surface area contributed by atoms with Gasteiger partial charge < -0.3 is 15.0 Å². The molecular weight excluding hydrogens is 527 g/mol. The van der Waals surface area contributed by atoms with Crippen molar-refractivity contribution in [1.29, 1.82) is 0 Å². The molecule has 3 aromatic rings. The minimum atomic E-state index is -4.41. The van der Waals surface area contributed by atoms with Gasteiger partial charge in [-0.05, 0) is 61.9 Å². The SMILES string of the molecule is Cc1c(C(C)Nc2nnc(C)c3ccc(N4CCN(CC(C)(C)CC(C)(C)C=O)CC4)cc23)cccc1C(F)(F)F. The maximum Gasteiger partial charge on any atom is 0.416 e. The van der Waals surface area contributed by atoms with Gasteiger partial charge in [-0.2, -0.15) is 18.3 Å². The molecule has 0 amide bonds. The zero-order valence-corrected chi connectivity index (χ0v) is 25.2. The Morgan fingerprint density at radius 2 is 1.66 bits per heavy atom. The highest BCUT2D eigenvalue weighted by Gasteiger charge is 2.34. The molecule has 222 valence electrons. The number of anilines is 2. The predicted octanol–water partition coefficient (Wildman–Crippen LogP) is 7.20. The quantitative estimate of drug-likeness (QED) is 0.275. The summed E-state index contributed by atoms with van der Waals surface area (Å²) in [6.07, 6.45) is -2.51. The molecule has 1 saturated heterocycles. The lowest BCUT2D eigenvalue weighted by Gasteiger charge is -2.41. The fourth-order valence-electron chi connectivity index (χ4n) is 6.39. The molecule has 2 aromatic carbocycles. The van der Waals surface area contributed by atoms with Crippen LogP contribution in [0.5, 0.6) is 0 Å². The van der Waals surface area contributed by atoms with Crippen molar-refractivity contribution in [2.24, 2.45) is 10.8 Å². The first-order valence-corrected chi connectivity index (χ1v) is 14.2. The number of aryl methyl sites for hydroxylation is 1. The molecule has 1 aromatic heterocycles. The van der Waals surface area contributed by atoms with E-state index in [2.05, 4.69) is 57.4 Å². The Hall–Kier alpha value is -3.20. The van der Waals surface area contributed by atoms with E-state index in [1.54, 1.807) is 6.07 Å². The number of carbonyl (C=O) groups excluding carboxylic acids is 1. The van der Waals surface area contributed by atoms with Crippen molar-refractivity contribution in [2.75, 3.05) is 42.9 Å². The minimum Gasteiger partial charge on any atom is -0.369 e. The van der Waals surface area contributed by atoms with Crippen LogP contribution in [0, 0.1) is 24.7 Å². The lowest BCUT2D eigenvalue weighted by atomic mass is 9.75. The van der Waals surface area contributed by atoms with Crippen LogP contribution in [0.25, 0.3) is 10.8 Å². The number of hydrogen-bond donors (Lipinski definition) is 1. The second kappa shape index (κ2) is 11.6. The standard InChI is InChI=1S/C32H42F3N5O/c1-21-25(9-8-10-28(21)32(33,34)35)22(2)36-29-27-17-24(11-12-26(27)23(3)37-38-29)40-15-13-39(14-16-40)19-30(4,5)18-31(6,7)20-41/h8-12,17,20,22H,13-16,18-19H2,1-7H3,(H,36,38). The summed E-state index contributed by atoms with van der Waals surface area (Å²) in [4.78, 5) is 16.3. The number of aldehydes is 1. The first-order chi connectivity index (χ1) is 19.1. The van der Waals surface area contributed by atoms with Gasteiger partial charge >= 0.3 is 6.18 Å². The van der Waals surface area contributed by atoms with Crippen LogP contribution in [0.2, 0.25) is 0 Å².